The van der Waals surface area contributed by atoms with Crippen LogP contribution >= 0.6 is 0 Å². The second-order valence-electron chi connectivity index (χ2n) is 6.58. The fourth-order valence-corrected chi connectivity index (χ4v) is 3.24. The number of aryl methyl sites for hydroxylation is 3. The van der Waals surface area contributed by atoms with Crippen LogP contribution in [-0.4, -0.2) is 46.0 Å². The molecule has 0 aliphatic rings. The summed E-state index contributed by atoms with van der Waals surface area (Å²) in [4.78, 5) is 17.0. The highest BCUT2D eigenvalue weighted by atomic mass is 16.3. The molecule has 0 aliphatic heterocycles. The van der Waals surface area contributed by atoms with Crippen LogP contribution in [0.25, 0.3) is 0 Å². The molecule has 2 heterocycles. The Bertz CT molecular complexity index is 708. The van der Waals surface area contributed by atoms with Crippen LogP contribution in [0.5, 0.6) is 0 Å². The van der Waals surface area contributed by atoms with E-state index >= 15 is 0 Å². The van der Waals surface area contributed by atoms with Gasteiger partial charge >= 0.3 is 0 Å². The Balaban J connectivity index is 2.21. The largest absolute Gasteiger partial charge is 0.464 e. The highest BCUT2D eigenvalue weighted by Gasteiger charge is 2.26. The first-order valence-electron chi connectivity index (χ1n) is 8.90. The number of aromatic amines is 1. The number of H-pyrrole nitrogens is 1. The molecule has 0 aliphatic carbocycles. The van der Waals surface area contributed by atoms with Crippen molar-refractivity contribution in [3.8, 4) is 0 Å². The number of hydrogen-bond acceptors (Lipinski definition) is 4. The van der Waals surface area contributed by atoms with Crippen molar-refractivity contribution in [2.45, 2.75) is 54.1 Å². The van der Waals surface area contributed by atoms with Gasteiger partial charge in [-0.3, -0.25) is 14.8 Å². The maximum absolute atomic E-state index is 13.0. The van der Waals surface area contributed by atoms with E-state index in [-0.39, 0.29) is 11.9 Å². The minimum Gasteiger partial charge on any atom is -0.464 e. The van der Waals surface area contributed by atoms with Crippen molar-refractivity contribution >= 4 is 5.91 Å². The summed E-state index contributed by atoms with van der Waals surface area (Å²) in [5, 5.41) is 7.23. The summed E-state index contributed by atoms with van der Waals surface area (Å²) >= 11 is 0. The molecule has 1 N–H and O–H groups in total. The predicted octanol–water partition coefficient (Wildman–Crippen LogP) is 3.60. The van der Waals surface area contributed by atoms with Crippen LogP contribution in [0.15, 0.2) is 10.5 Å². The van der Waals surface area contributed by atoms with Crippen molar-refractivity contribution in [3.05, 3.63) is 40.1 Å². The monoisotopic (exact) mass is 346 g/mol. The standard InChI is InChI=1S/C19H30N4O2/c1-8-23(9-2)11-16-10-17(15(6)25-16)19(24)22(7)14(5)18-12(3)20-21-13(18)4/h10,14H,8-9,11H2,1-7H3,(H,20,21)/t14-/m1/s1. The van der Waals surface area contributed by atoms with Crippen LogP contribution in [0, 0.1) is 20.8 Å². The van der Waals surface area contributed by atoms with Gasteiger partial charge in [0.15, 0.2) is 0 Å². The molecule has 6 nitrogen and oxygen atoms in total. The van der Waals surface area contributed by atoms with E-state index in [1.54, 1.807) is 4.90 Å². The molecule has 0 saturated carbocycles. The van der Waals surface area contributed by atoms with Gasteiger partial charge in [0.1, 0.15) is 11.5 Å². The maximum atomic E-state index is 13.0. The summed E-state index contributed by atoms with van der Waals surface area (Å²) in [6, 6.07) is 1.82. The van der Waals surface area contributed by atoms with Crippen LogP contribution in [0.4, 0.5) is 0 Å². The minimum absolute atomic E-state index is 0.0282. The highest BCUT2D eigenvalue weighted by molar-refractivity contribution is 5.95. The average Bonchev–Trinajstić information content (AvgIpc) is 3.12. The number of rotatable bonds is 7. The molecule has 0 bridgehead atoms. The van der Waals surface area contributed by atoms with Gasteiger partial charge in [-0.1, -0.05) is 13.8 Å². The first-order chi connectivity index (χ1) is 11.8. The van der Waals surface area contributed by atoms with E-state index in [0.29, 0.717) is 11.3 Å². The van der Waals surface area contributed by atoms with E-state index in [0.717, 1.165) is 42.3 Å². The van der Waals surface area contributed by atoms with Gasteiger partial charge < -0.3 is 9.32 Å². The Morgan fingerprint density at radius 3 is 2.44 bits per heavy atom. The molecule has 0 radical (unpaired) electrons. The highest BCUT2D eigenvalue weighted by Crippen LogP contribution is 2.27. The lowest BCUT2D eigenvalue weighted by Gasteiger charge is -2.25. The predicted molar refractivity (Wildman–Crippen MR) is 98.6 cm³/mol. The van der Waals surface area contributed by atoms with Gasteiger partial charge in [-0.25, -0.2) is 0 Å². The summed E-state index contributed by atoms with van der Waals surface area (Å²) in [6.07, 6.45) is 0. The number of carbonyl (C=O) groups is 1. The van der Waals surface area contributed by atoms with Crippen molar-refractivity contribution in [2.24, 2.45) is 0 Å². The Kier molecular flexibility index (Phi) is 6.06. The van der Waals surface area contributed by atoms with Gasteiger partial charge in [-0.15, -0.1) is 0 Å². The molecular formula is C19H30N4O2. The molecule has 0 aromatic carbocycles. The Hall–Kier alpha value is -2.08. The van der Waals surface area contributed by atoms with E-state index in [4.69, 9.17) is 4.42 Å². The van der Waals surface area contributed by atoms with Crippen molar-refractivity contribution in [1.29, 1.82) is 0 Å². The Morgan fingerprint density at radius 2 is 1.92 bits per heavy atom. The first kappa shape index (κ1) is 19.2. The van der Waals surface area contributed by atoms with Crippen LogP contribution in [0.3, 0.4) is 0 Å². The molecule has 138 valence electrons. The molecule has 1 atom stereocenters. The van der Waals surface area contributed by atoms with Crippen molar-refractivity contribution < 1.29 is 9.21 Å². The molecule has 25 heavy (non-hydrogen) atoms. The van der Waals surface area contributed by atoms with E-state index < -0.39 is 0 Å². The van der Waals surface area contributed by atoms with Gasteiger partial charge in [-0.05, 0) is 46.9 Å². The number of furan rings is 1. The number of aromatic nitrogens is 2. The van der Waals surface area contributed by atoms with E-state index in [9.17, 15) is 4.79 Å². The lowest BCUT2D eigenvalue weighted by molar-refractivity contribution is 0.0740. The van der Waals surface area contributed by atoms with E-state index in [2.05, 4.69) is 28.9 Å². The van der Waals surface area contributed by atoms with Gasteiger partial charge in [0.25, 0.3) is 5.91 Å². The topological polar surface area (TPSA) is 65.4 Å². The fraction of sp³-hybridized carbons (Fsp3) is 0.579. The molecule has 0 fully saturated rings. The van der Waals surface area contributed by atoms with E-state index in [1.807, 2.05) is 40.8 Å². The number of amides is 1. The SMILES string of the molecule is CCN(CC)Cc1cc(C(=O)N(C)[C@H](C)c2c(C)n[nH]c2C)c(C)o1. The second-order valence-corrected chi connectivity index (χ2v) is 6.58. The molecule has 6 heteroatoms. The number of nitrogens with one attached hydrogen (secondary N) is 1. The summed E-state index contributed by atoms with van der Waals surface area (Å²) in [6.45, 7) is 14.7. The van der Waals surface area contributed by atoms with Crippen LogP contribution < -0.4 is 0 Å². The third-order valence-electron chi connectivity index (χ3n) is 4.98. The van der Waals surface area contributed by atoms with Crippen LogP contribution in [-0.2, 0) is 6.54 Å². The molecule has 0 unspecified atom stereocenters. The first-order valence-corrected chi connectivity index (χ1v) is 8.90. The third-order valence-corrected chi connectivity index (χ3v) is 4.98. The summed E-state index contributed by atoms with van der Waals surface area (Å²) in [5.41, 5.74) is 3.63. The molecule has 2 aromatic heterocycles. The summed E-state index contributed by atoms with van der Waals surface area (Å²) in [7, 11) is 1.83. The fourth-order valence-electron chi connectivity index (χ4n) is 3.24. The smallest absolute Gasteiger partial charge is 0.257 e. The van der Waals surface area contributed by atoms with E-state index in [1.165, 1.54) is 0 Å². The van der Waals surface area contributed by atoms with Crippen molar-refractivity contribution in [2.75, 3.05) is 20.1 Å². The van der Waals surface area contributed by atoms with Gasteiger partial charge in [0, 0.05) is 18.3 Å². The quantitative estimate of drug-likeness (QED) is 0.832. The summed E-state index contributed by atoms with van der Waals surface area (Å²) < 4.78 is 5.83. The zero-order valence-corrected chi connectivity index (χ0v) is 16.4. The molecule has 1 amide bonds. The Labute approximate surface area is 150 Å². The number of nitrogens with zero attached hydrogens (tertiary/aromatic N) is 3. The zero-order chi connectivity index (χ0) is 18.7. The third kappa shape index (κ3) is 3.95. The number of carbonyl (C=O) groups excluding carboxylic acids is 1. The van der Waals surface area contributed by atoms with Gasteiger partial charge in [0.2, 0.25) is 0 Å². The normalized spacial score (nSPS) is 12.6. The lowest BCUT2D eigenvalue weighted by Crippen LogP contribution is -2.30. The molecule has 0 spiro atoms. The number of hydrogen-bond donors (Lipinski definition) is 1. The Morgan fingerprint density at radius 1 is 1.28 bits per heavy atom. The van der Waals surface area contributed by atoms with Crippen molar-refractivity contribution in [1.82, 2.24) is 20.0 Å². The minimum atomic E-state index is -0.0632. The lowest BCUT2D eigenvalue weighted by atomic mass is 10.0. The van der Waals surface area contributed by atoms with Gasteiger partial charge in [-0.2, -0.15) is 5.10 Å². The zero-order valence-electron chi connectivity index (χ0n) is 16.4. The summed E-state index contributed by atoms with van der Waals surface area (Å²) in [5.74, 6) is 1.48. The molecule has 2 rings (SSSR count). The molecule has 0 saturated heterocycles. The average molecular weight is 346 g/mol. The van der Waals surface area contributed by atoms with Crippen molar-refractivity contribution in [3.63, 3.8) is 0 Å². The second kappa shape index (κ2) is 7.87. The molecular weight excluding hydrogens is 316 g/mol. The van der Waals surface area contributed by atoms with Crippen LogP contribution in [0.1, 0.15) is 65.6 Å². The van der Waals surface area contributed by atoms with Crippen LogP contribution in [0.2, 0.25) is 0 Å². The maximum Gasteiger partial charge on any atom is 0.257 e. The molecule has 2 aromatic rings. The van der Waals surface area contributed by atoms with Gasteiger partial charge in [0.05, 0.1) is 23.8 Å².